The van der Waals surface area contributed by atoms with Crippen molar-refractivity contribution < 1.29 is 13.9 Å². The van der Waals surface area contributed by atoms with E-state index in [1.807, 2.05) is 0 Å². The number of rotatable bonds is 3. The summed E-state index contributed by atoms with van der Waals surface area (Å²) in [7, 11) is 1.31. The number of alkyl carbamates (subject to hydrolysis) is 1. The molecule has 0 aliphatic carbocycles. The Bertz CT molecular complexity index is 297. The average Bonchev–Trinajstić information content (AvgIpc) is 2.21. The van der Waals surface area contributed by atoms with Gasteiger partial charge >= 0.3 is 6.09 Å². The zero-order valence-electron chi connectivity index (χ0n) is 7.92. The summed E-state index contributed by atoms with van der Waals surface area (Å²) in [6.45, 7) is 0.484. The summed E-state index contributed by atoms with van der Waals surface area (Å²) < 4.78 is 16.9. The molecule has 0 aliphatic rings. The first-order valence-corrected chi connectivity index (χ1v) is 4.28. The summed E-state index contributed by atoms with van der Waals surface area (Å²) in [6, 6.07) is 6.17. The second-order valence-electron chi connectivity index (χ2n) is 2.79. The zero-order chi connectivity index (χ0) is 10.4. The van der Waals surface area contributed by atoms with Crippen LogP contribution in [0.2, 0.25) is 0 Å². The molecule has 0 radical (unpaired) electrons. The highest BCUT2D eigenvalue weighted by molar-refractivity contribution is 5.66. The Balaban J connectivity index is 2.31. The van der Waals surface area contributed by atoms with Gasteiger partial charge in [-0.3, -0.25) is 0 Å². The maximum atomic E-state index is 12.5. The van der Waals surface area contributed by atoms with E-state index in [9.17, 15) is 9.18 Å². The number of carbonyl (C=O) groups is 1. The van der Waals surface area contributed by atoms with Gasteiger partial charge in [0.2, 0.25) is 0 Å². The fraction of sp³-hybridized carbons (Fsp3) is 0.300. The Morgan fingerprint density at radius 3 is 2.64 bits per heavy atom. The molecule has 1 amide bonds. The molecule has 1 rings (SSSR count). The van der Waals surface area contributed by atoms with Crippen LogP contribution in [0.4, 0.5) is 9.18 Å². The number of halogens is 1. The Morgan fingerprint density at radius 2 is 2.07 bits per heavy atom. The molecule has 3 nitrogen and oxygen atoms in total. The summed E-state index contributed by atoms with van der Waals surface area (Å²) in [5.41, 5.74) is 0.975. The molecule has 0 fully saturated rings. The van der Waals surface area contributed by atoms with Gasteiger partial charge in [-0.2, -0.15) is 0 Å². The van der Waals surface area contributed by atoms with Crippen molar-refractivity contribution in [2.75, 3.05) is 13.7 Å². The third-order valence-corrected chi connectivity index (χ3v) is 1.78. The lowest BCUT2D eigenvalue weighted by Crippen LogP contribution is -2.25. The van der Waals surface area contributed by atoms with E-state index in [2.05, 4.69) is 10.1 Å². The summed E-state index contributed by atoms with van der Waals surface area (Å²) in [6.07, 6.45) is 0.210. The molecule has 1 N–H and O–H groups in total. The molecule has 4 heteroatoms. The Kier molecular flexibility index (Phi) is 3.91. The smallest absolute Gasteiger partial charge is 0.406 e. The number of nitrogens with one attached hydrogen (secondary N) is 1. The molecule has 76 valence electrons. The molecule has 0 unspecified atom stereocenters. The first-order chi connectivity index (χ1) is 6.72. The Hall–Kier alpha value is -1.58. The minimum Gasteiger partial charge on any atom is -0.453 e. The summed E-state index contributed by atoms with van der Waals surface area (Å²) in [4.78, 5) is 10.7. The van der Waals surface area contributed by atoms with Crippen molar-refractivity contribution in [3.05, 3.63) is 35.6 Å². The predicted octanol–water partition coefficient (Wildman–Crippen LogP) is 1.72. The van der Waals surface area contributed by atoms with Crippen LogP contribution in [0.15, 0.2) is 24.3 Å². The monoisotopic (exact) mass is 197 g/mol. The fourth-order valence-corrected chi connectivity index (χ4v) is 1.03. The molecular weight excluding hydrogens is 185 g/mol. The van der Waals surface area contributed by atoms with Crippen molar-refractivity contribution in [1.82, 2.24) is 5.32 Å². The van der Waals surface area contributed by atoms with Crippen LogP contribution in [0.25, 0.3) is 0 Å². The minimum absolute atomic E-state index is 0.255. The lowest BCUT2D eigenvalue weighted by atomic mass is 10.1. The van der Waals surface area contributed by atoms with Gasteiger partial charge in [-0.05, 0) is 24.1 Å². The van der Waals surface area contributed by atoms with Gasteiger partial charge in [0, 0.05) is 6.54 Å². The Morgan fingerprint density at radius 1 is 1.43 bits per heavy atom. The molecule has 0 saturated heterocycles. The molecule has 0 aromatic heterocycles. The molecule has 0 saturated carbocycles. The van der Waals surface area contributed by atoms with E-state index in [1.165, 1.54) is 19.2 Å². The SMILES string of the molecule is COC(=O)NCCc1ccc(F)cc1. The van der Waals surface area contributed by atoms with Crippen molar-refractivity contribution in [1.29, 1.82) is 0 Å². The van der Waals surface area contributed by atoms with Crippen molar-refractivity contribution in [3.8, 4) is 0 Å². The first kappa shape index (κ1) is 10.5. The molecule has 0 aliphatic heterocycles. The maximum Gasteiger partial charge on any atom is 0.406 e. The van der Waals surface area contributed by atoms with Crippen LogP contribution in [0.5, 0.6) is 0 Å². The highest BCUT2D eigenvalue weighted by Crippen LogP contribution is 2.02. The highest BCUT2D eigenvalue weighted by atomic mass is 19.1. The third kappa shape index (κ3) is 3.43. The second-order valence-corrected chi connectivity index (χ2v) is 2.79. The van der Waals surface area contributed by atoms with Crippen LogP contribution in [-0.2, 0) is 11.2 Å². The lowest BCUT2D eigenvalue weighted by Gasteiger charge is -2.03. The number of amides is 1. The summed E-state index contributed by atoms with van der Waals surface area (Å²) in [5.74, 6) is -0.255. The quantitative estimate of drug-likeness (QED) is 0.801. The van der Waals surface area contributed by atoms with Crippen LogP contribution in [-0.4, -0.2) is 19.7 Å². The van der Waals surface area contributed by atoms with Gasteiger partial charge in [0.05, 0.1) is 7.11 Å². The first-order valence-electron chi connectivity index (χ1n) is 4.28. The van der Waals surface area contributed by atoms with Crippen LogP contribution in [0.3, 0.4) is 0 Å². The van der Waals surface area contributed by atoms with E-state index in [0.717, 1.165) is 5.56 Å². The molecule has 0 bridgehead atoms. The number of methoxy groups -OCH3 is 1. The number of carbonyl (C=O) groups excluding carboxylic acids is 1. The van der Waals surface area contributed by atoms with Gasteiger partial charge in [-0.25, -0.2) is 9.18 Å². The highest BCUT2D eigenvalue weighted by Gasteiger charge is 1.98. The van der Waals surface area contributed by atoms with Gasteiger partial charge in [0.25, 0.3) is 0 Å². The molecule has 14 heavy (non-hydrogen) atoms. The lowest BCUT2D eigenvalue weighted by molar-refractivity contribution is 0.171. The van der Waals surface area contributed by atoms with E-state index in [-0.39, 0.29) is 5.82 Å². The molecule has 1 aromatic carbocycles. The van der Waals surface area contributed by atoms with E-state index < -0.39 is 6.09 Å². The number of ether oxygens (including phenoxy) is 1. The summed E-state index contributed by atoms with van der Waals surface area (Å²) in [5, 5.41) is 2.54. The molecule has 0 spiro atoms. The van der Waals surface area contributed by atoms with Gasteiger partial charge in [0.15, 0.2) is 0 Å². The maximum absolute atomic E-state index is 12.5. The fourth-order valence-electron chi connectivity index (χ4n) is 1.03. The van der Waals surface area contributed by atoms with E-state index in [0.29, 0.717) is 13.0 Å². The predicted molar refractivity (Wildman–Crippen MR) is 50.5 cm³/mol. The van der Waals surface area contributed by atoms with E-state index in [4.69, 9.17) is 0 Å². The van der Waals surface area contributed by atoms with Crippen LogP contribution in [0.1, 0.15) is 5.56 Å². The Labute approximate surface area is 81.9 Å². The average molecular weight is 197 g/mol. The van der Waals surface area contributed by atoms with Gasteiger partial charge in [0.1, 0.15) is 5.82 Å². The van der Waals surface area contributed by atoms with E-state index in [1.54, 1.807) is 12.1 Å². The van der Waals surface area contributed by atoms with Gasteiger partial charge in [-0.15, -0.1) is 0 Å². The zero-order valence-corrected chi connectivity index (χ0v) is 7.92. The van der Waals surface area contributed by atoms with Gasteiger partial charge in [-0.1, -0.05) is 12.1 Å². The van der Waals surface area contributed by atoms with Crippen molar-refractivity contribution in [2.45, 2.75) is 6.42 Å². The van der Waals surface area contributed by atoms with Crippen LogP contribution in [0, 0.1) is 5.82 Å². The second kappa shape index (κ2) is 5.21. The molecule has 1 aromatic rings. The largest absolute Gasteiger partial charge is 0.453 e. The summed E-state index contributed by atoms with van der Waals surface area (Å²) >= 11 is 0. The number of hydrogen-bond acceptors (Lipinski definition) is 2. The van der Waals surface area contributed by atoms with Crippen molar-refractivity contribution in [2.24, 2.45) is 0 Å². The third-order valence-electron chi connectivity index (χ3n) is 1.78. The van der Waals surface area contributed by atoms with Crippen molar-refractivity contribution >= 4 is 6.09 Å². The van der Waals surface area contributed by atoms with Crippen LogP contribution >= 0.6 is 0 Å². The van der Waals surface area contributed by atoms with Crippen LogP contribution < -0.4 is 5.32 Å². The number of hydrogen-bond donors (Lipinski definition) is 1. The number of benzene rings is 1. The minimum atomic E-state index is -0.452. The topological polar surface area (TPSA) is 38.3 Å². The standard InChI is InChI=1S/C10H12FNO2/c1-14-10(13)12-7-6-8-2-4-9(11)5-3-8/h2-5H,6-7H2,1H3,(H,12,13). The van der Waals surface area contributed by atoms with Crippen molar-refractivity contribution in [3.63, 3.8) is 0 Å². The normalized spacial score (nSPS) is 9.57. The molecular formula is C10H12FNO2. The molecule has 0 heterocycles. The van der Waals surface area contributed by atoms with Gasteiger partial charge < -0.3 is 10.1 Å². The van der Waals surface area contributed by atoms with E-state index >= 15 is 0 Å². The molecule has 0 atom stereocenters.